The fourth-order valence-electron chi connectivity index (χ4n) is 1.89. The van der Waals surface area contributed by atoms with E-state index in [0.717, 1.165) is 11.3 Å². The number of rotatable bonds is 4. The molecular formula is C13H14ClN3O3S. The van der Waals surface area contributed by atoms with Crippen LogP contribution in [0.3, 0.4) is 0 Å². The Labute approximate surface area is 131 Å². The molecule has 1 aliphatic rings. The van der Waals surface area contributed by atoms with Gasteiger partial charge < -0.3 is 19.4 Å². The number of thiazole rings is 1. The van der Waals surface area contributed by atoms with Crippen LogP contribution in [0.25, 0.3) is 0 Å². The van der Waals surface area contributed by atoms with Gasteiger partial charge in [-0.25, -0.2) is 0 Å². The highest BCUT2D eigenvalue weighted by atomic mass is 35.5. The molecule has 2 aromatic rings. The Hall–Kier alpha value is -1.99. The lowest BCUT2D eigenvalue weighted by molar-refractivity contribution is -0.121. The number of fused-ring (bicyclic) bond motifs is 1. The molecule has 0 saturated heterocycles. The number of hydrogen-bond acceptors (Lipinski definition) is 5. The van der Waals surface area contributed by atoms with E-state index in [1.54, 1.807) is 16.1 Å². The number of amides is 1. The average Bonchev–Trinajstić information content (AvgIpc) is 3.05. The Morgan fingerprint density at radius 3 is 2.95 bits per heavy atom. The van der Waals surface area contributed by atoms with Gasteiger partial charge in [-0.15, -0.1) is 23.7 Å². The summed E-state index contributed by atoms with van der Waals surface area (Å²) in [7, 11) is 0. The van der Waals surface area contributed by atoms with Crippen LogP contribution in [0.15, 0.2) is 29.8 Å². The number of halogens is 1. The topological polar surface area (TPSA) is 76.3 Å². The molecule has 112 valence electrons. The van der Waals surface area contributed by atoms with Crippen LogP contribution in [-0.2, 0) is 17.9 Å². The summed E-state index contributed by atoms with van der Waals surface area (Å²) >= 11 is 1.29. The number of carbonyl (C=O) groups excluding carboxylic acids is 1. The zero-order chi connectivity index (χ0) is 13.9. The normalized spacial score (nSPS) is 11.8. The number of nitrogens with one attached hydrogen (secondary N) is 2. The van der Waals surface area contributed by atoms with Crippen molar-refractivity contribution in [1.82, 2.24) is 9.88 Å². The first-order chi connectivity index (χ1) is 9.72. The number of nitrogens with zero attached hydrogens (tertiary/aromatic N) is 1. The fourth-order valence-corrected chi connectivity index (χ4v) is 2.49. The first-order valence-corrected chi connectivity index (χ1v) is 6.94. The summed E-state index contributed by atoms with van der Waals surface area (Å²) in [6.45, 7) is 0.826. The molecule has 0 unspecified atom stereocenters. The Morgan fingerprint density at radius 1 is 1.38 bits per heavy atom. The Morgan fingerprint density at radius 2 is 2.19 bits per heavy atom. The van der Waals surface area contributed by atoms with Gasteiger partial charge >= 0.3 is 0 Å². The summed E-state index contributed by atoms with van der Waals surface area (Å²) in [5, 5.41) is 12.2. The Balaban J connectivity index is 0.00000161. The molecule has 6 nitrogen and oxygen atoms in total. The molecule has 0 spiro atoms. The minimum atomic E-state index is -0.125. The summed E-state index contributed by atoms with van der Waals surface area (Å²) in [6, 6.07) is 5.58. The average molecular weight is 328 g/mol. The predicted molar refractivity (Wildman–Crippen MR) is 79.8 cm³/mol. The molecule has 0 aliphatic carbocycles. The molecule has 0 fully saturated rings. The quantitative estimate of drug-likeness (QED) is 0.893. The second kappa shape index (κ2) is 6.64. The van der Waals surface area contributed by atoms with Gasteiger partial charge in [0.25, 0.3) is 0 Å². The summed E-state index contributed by atoms with van der Waals surface area (Å²) in [5.41, 5.74) is 0.948. The number of hydrogen-bond donors (Lipinski definition) is 2. The van der Waals surface area contributed by atoms with Crippen LogP contribution in [-0.4, -0.2) is 17.3 Å². The molecule has 8 heteroatoms. The van der Waals surface area contributed by atoms with Crippen molar-refractivity contribution in [3.8, 4) is 11.5 Å². The van der Waals surface area contributed by atoms with Crippen molar-refractivity contribution in [1.29, 1.82) is 5.41 Å². The number of aromatic nitrogens is 1. The molecule has 1 amide bonds. The molecule has 3 rings (SSSR count). The third-order valence-corrected chi connectivity index (χ3v) is 3.64. The zero-order valence-corrected chi connectivity index (χ0v) is 12.6. The van der Waals surface area contributed by atoms with Crippen LogP contribution in [0.1, 0.15) is 5.56 Å². The smallest absolute Gasteiger partial charge is 0.240 e. The van der Waals surface area contributed by atoms with Gasteiger partial charge in [-0.3, -0.25) is 10.2 Å². The molecule has 21 heavy (non-hydrogen) atoms. The maximum Gasteiger partial charge on any atom is 0.240 e. The maximum absolute atomic E-state index is 11.8. The van der Waals surface area contributed by atoms with Crippen molar-refractivity contribution in [2.24, 2.45) is 0 Å². The van der Waals surface area contributed by atoms with Gasteiger partial charge in [-0.1, -0.05) is 6.07 Å². The van der Waals surface area contributed by atoms with Crippen LogP contribution in [0, 0.1) is 5.41 Å². The molecule has 2 N–H and O–H groups in total. The first-order valence-electron chi connectivity index (χ1n) is 6.06. The van der Waals surface area contributed by atoms with Crippen molar-refractivity contribution in [3.63, 3.8) is 0 Å². The number of benzene rings is 1. The van der Waals surface area contributed by atoms with Crippen LogP contribution in [0.4, 0.5) is 0 Å². The third kappa shape index (κ3) is 3.56. The predicted octanol–water partition coefficient (Wildman–Crippen LogP) is 1.50. The lowest BCUT2D eigenvalue weighted by Crippen LogP contribution is -2.29. The van der Waals surface area contributed by atoms with E-state index < -0.39 is 0 Å². The van der Waals surface area contributed by atoms with Gasteiger partial charge in [0.2, 0.25) is 12.7 Å². The van der Waals surface area contributed by atoms with Crippen molar-refractivity contribution in [2.75, 3.05) is 6.79 Å². The maximum atomic E-state index is 11.8. The van der Waals surface area contributed by atoms with E-state index in [0.29, 0.717) is 17.1 Å². The summed E-state index contributed by atoms with van der Waals surface area (Å²) in [4.78, 5) is 12.2. The molecule has 0 bridgehead atoms. The van der Waals surface area contributed by atoms with Gasteiger partial charge in [-0.05, 0) is 17.7 Å². The molecule has 2 heterocycles. The monoisotopic (exact) mass is 327 g/mol. The van der Waals surface area contributed by atoms with Gasteiger partial charge in [-0.2, -0.15) is 0 Å². The molecule has 0 radical (unpaired) electrons. The highest BCUT2D eigenvalue weighted by molar-refractivity contribution is 7.06. The highest BCUT2D eigenvalue weighted by Gasteiger charge is 2.13. The lowest BCUT2D eigenvalue weighted by Gasteiger charge is -2.06. The van der Waals surface area contributed by atoms with Gasteiger partial charge in [0.05, 0.1) is 0 Å². The first kappa shape index (κ1) is 15.4. The molecular weight excluding hydrogens is 314 g/mol. The molecule has 1 aromatic carbocycles. The third-order valence-electron chi connectivity index (χ3n) is 2.92. The van der Waals surface area contributed by atoms with E-state index in [1.807, 2.05) is 18.2 Å². The molecule has 0 atom stereocenters. The van der Waals surface area contributed by atoms with E-state index in [1.165, 1.54) is 11.3 Å². The van der Waals surface area contributed by atoms with Crippen LogP contribution >= 0.6 is 23.7 Å². The Kier molecular flexibility index (Phi) is 4.87. The van der Waals surface area contributed by atoms with E-state index in [2.05, 4.69) is 5.32 Å². The second-order valence-corrected chi connectivity index (χ2v) is 5.19. The summed E-state index contributed by atoms with van der Waals surface area (Å²) in [6.07, 6.45) is 1.73. The number of carbonyl (C=O) groups is 1. The van der Waals surface area contributed by atoms with E-state index in [4.69, 9.17) is 14.9 Å². The van der Waals surface area contributed by atoms with Gasteiger partial charge in [0.15, 0.2) is 16.3 Å². The van der Waals surface area contributed by atoms with Crippen molar-refractivity contribution < 1.29 is 14.3 Å². The largest absolute Gasteiger partial charge is 0.454 e. The van der Waals surface area contributed by atoms with Gasteiger partial charge in [0.1, 0.15) is 6.54 Å². The van der Waals surface area contributed by atoms with Crippen molar-refractivity contribution in [3.05, 3.63) is 40.1 Å². The van der Waals surface area contributed by atoms with Crippen LogP contribution in [0.5, 0.6) is 11.5 Å². The second-order valence-electron chi connectivity index (χ2n) is 4.30. The Bertz CT molecular complexity index is 698. The minimum absolute atomic E-state index is 0. The van der Waals surface area contributed by atoms with Crippen LogP contribution < -0.4 is 19.6 Å². The molecule has 1 aromatic heterocycles. The molecule has 1 aliphatic heterocycles. The zero-order valence-electron chi connectivity index (χ0n) is 11.0. The fraction of sp³-hybridized carbons (Fsp3) is 0.231. The standard InChI is InChI=1S/C13H13N3O3S.ClH/c14-13-16(3-4-20-13)7-12(17)15-6-9-1-2-10-11(5-9)19-8-18-10;/h1-5,14H,6-8H2,(H,15,17);1H. The van der Waals surface area contributed by atoms with E-state index >= 15 is 0 Å². The van der Waals surface area contributed by atoms with Crippen molar-refractivity contribution >= 4 is 29.7 Å². The SMILES string of the molecule is Cl.N=c1sccn1CC(=O)NCc1ccc2c(c1)OCO2. The highest BCUT2D eigenvalue weighted by Crippen LogP contribution is 2.32. The molecule has 0 saturated carbocycles. The van der Waals surface area contributed by atoms with E-state index in [-0.39, 0.29) is 31.7 Å². The lowest BCUT2D eigenvalue weighted by atomic mass is 10.2. The van der Waals surface area contributed by atoms with Crippen LogP contribution in [0.2, 0.25) is 0 Å². The van der Waals surface area contributed by atoms with Crippen molar-refractivity contribution in [2.45, 2.75) is 13.1 Å². The summed E-state index contributed by atoms with van der Waals surface area (Å²) in [5.74, 6) is 1.31. The number of ether oxygens (including phenoxy) is 2. The summed E-state index contributed by atoms with van der Waals surface area (Å²) < 4.78 is 12.1. The van der Waals surface area contributed by atoms with E-state index in [9.17, 15) is 4.79 Å². The minimum Gasteiger partial charge on any atom is -0.454 e. The van der Waals surface area contributed by atoms with Gasteiger partial charge in [0, 0.05) is 18.1 Å².